The number of rotatable bonds is 4. The van der Waals surface area contributed by atoms with E-state index in [-0.39, 0.29) is 11.3 Å². The molecule has 17 heavy (non-hydrogen) atoms. The zero-order valence-electron chi connectivity index (χ0n) is 9.12. The van der Waals surface area contributed by atoms with Crippen LogP contribution >= 0.6 is 0 Å². The average Bonchev–Trinajstić information content (AvgIpc) is 2.75. The fourth-order valence-electron chi connectivity index (χ4n) is 1.53. The van der Waals surface area contributed by atoms with Crippen molar-refractivity contribution in [3.05, 3.63) is 41.9 Å². The Labute approximate surface area is 97.3 Å². The van der Waals surface area contributed by atoms with Gasteiger partial charge in [-0.2, -0.15) is 0 Å². The van der Waals surface area contributed by atoms with Crippen LogP contribution in [0.2, 0.25) is 0 Å². The maximum atomic E-state index is 13.4. The van der Waals surface area contributed by atoms with Gasteiger partial charge in [-0.1, -0.05) is 6.07 Å². The molecule has 0 aliphatic carbocycles. The molecule has 2 rings (SSSR count). The molecule has 90 valence electrons. The molecule has 0 radical (unpaired) electrons. The molecular formula is C12H12F2N2O. The zero-order chi connectivity index (χ0) is 12.3. The number of hydrogen-bond acceptors (Lipinski definition) is 3. The van der Waals surface area contributed by atoms with Crippen molar-refractivity contribution in [3.8, 4) is 11.3 Å². The van der Waals surface area contributed by atoms with Crippen molar-refractivity contribution < 1.29 is 13.2 Å². The number of halogens is 2. The van der Waals surface area contributed by atoms with E-state index in [2.05, 4.69) is 4.98 Å². The van der Waals surface area contributed by atoms with Crippen molar-refractivity contribution in [1.29, 1.82) is 0 Å². The van der Waals surface area contributed by atoms with Crippen molar-refractivity contribution >= 4 is 0 Å². The van der Waals surface area contributed by atoms with E-state index in [1.165, 1.54) is 24.4 Å². The van der Waals surface area contributed by atoms with Gasteiger partial charge in [-0.3, -0.25) is 0 Å². The first-order valence-electron chi connectivity index (χ1n) is 5.31. The van der Waals surface area contributed by atoms with E-state index in [1.54, 1.807) is 0 Å². The Kier molecular flexibility index (Phi) is 3.49. The lowest BCUT2D eigenvalue weighted by atomic mass is 10.1. The molecule has 1 aromatic heterocycles. The van der Waals surface area contributed by atoms with Gasteiger partial charge in [-0.15, -0.1) is 0 Å². The minimum Gasteiger partial charge on any atom is -0.441 e. The second-order valence-electron chi connectivity index (χ2n) is 3.61. The monoisotopic (exact) mass is 238 g/mol. The normalized spacial score (nSPS) is 10.8. The molecule has 1 aromatic carbocycles. The Hall–Kier alpha value is -1.75. The number of nitrogens with zero attached hydrogens (tertiary/aromatic N) is 1. The van der Waals surface area contributed by atoms with E-state index in [0.717, 1.165) is 6.42 Å². The molecule has 1 heterocycles. The van der Waals surface area contributed by atoms with Gasteiger partial charge >= 0.3 is 0 Å². The first kappa shape index (κ1) is 11.7. The second-order valence-corrected chi connectivity index (χ2v) is 3.61. The smallest absolute Gasteiger partial charge is 0.194 e. The molecule has 2 aromatic rings. The van der Waals surface area contributed by atoms with Crippen LogP contribution in [-0.2, 0) is 6.42 Å². The quantitative estimate of drug-likeness (QED) is 0.890. The molecule has 0 saturated carbocycles. The van der Waals surface area contributed by atoms with Gasteiger partial charge in [0.1, 0.15) is 11.6 Å². The molecule has 0 aliphatic rings. The average molecular weight is 238 g/mol. The summed E-state index contributed by atoms with van der Waals surface area (Å²) in [7, 11) is 0. The standard InChI is InChI=1S/C12H12F2N2O/c13-8-3-1-4-9(14)12(8)10-7-16-11(17-10)5-2-6-15/h1,3-4,7H,2,5-6,15H2. The molecule has 0 aliphatic heterocycles. The second kappa shape index (κ2) is 5.05. The van der Waals surface area contributed by atoms with E-state index >= 15 is 0 Å². The van der Waals surface area contributed by atoms with Crippen LogP contribution in [0.25, 0.3) is 11.3 Å². The molecule has 0 atom stereocenters. The van der Waals surface area contributed by atoms with Crippen molar-refractivity contribution in [2.24, 2.45) is 5.73 Å². The first-order valence-corrected chi connectivity index (χ1v) is 5.31. The summed E-state index contributed by atoms with van der Waals surface area (Å²) in [5, 5.41) is 0. The van der Waals surface area contributed by atoms with E-state index in [9.17, 15) is 8.78 Å². The fourth-order valence-corrected chi connectivity index (χ4v) is 1.53. The van der Waals surface area contributed by atoms with E-state index in [1.807, 2.05) is 0 Å². The summed E-state index contributed by atoms with van der Waals surface area (Å²) >= 11 is 0. The topological polar surface area (TPSA) is 52.0 Å². The molecule has 0 amide bonds. The SMILES string of the molecule is NCCCc1ncc(-c2c(F)cccc2F)o1. The molecule has 5 heteroatoms. The van der Waals surface area contributed by atoms with E-state index < -0.39 is 11.6 Å². The van der Waals surface area contributed by atoms with Crippen LogP contribution in [0.15, 0.2) is 28.8 Å². The van der Waals surface area contributed by atoms with Gasteiger partial charge in [-0.25, -0.2) is 13.8 Å². The van der Waals surface area contributed by atoms with Crippen LogP contribution in [0.5, 0.6) is 0 Å². The molecule has 0 saturated heterocycles. The Morgan fingerprint density at radius 1 is 1.24 bits per heavy atom. The molecule has 0 bridgehead atoms. The molecule has 0 fully saturated rings. The first-order chi connectivity index (χ1) is 8.22. The highest BCUT2D eigenvalue weighted by molar-refractivity contribution is 5.57. The lowest BCUT2D eigenvalue weighted by molar-refractivity contribution is 0.490. The zero-order valence-corrected chi connectivity index (χ0v) is 9.12. The summed E-state index contributed by atoms with van der Waals surface area (Å²) in [5.41, 5.74) is 5.17. The minimum absolute atomic E-state index is 0.104. The van der Waals surface area contributed by atoms with Crippen molar-refractivity contribution in [3.63, 3.8) is 0 Å². The third kappa shape index (κ3) is 2.50. The fraction of sp³-hybridized carbons (Fsp3) is 0.250. The van der Waals surface area contributed by atoms with Crippen molar-refractivity contribution in [2.75, 3.05) is 6.54 Å². The van der Waals surface area contributed by atoms with Crippen molar-refractivity contribution in [1.82, 2.24) is 4.98 Å². The molecule has 0 unspecified atom stereocenters. The van der Waals surface area contributed by atoms with Crippen molar-refractivity contribution in [2.45, 2.75) is 12.8 Å². The summed E-state index contributed by atoms with van der Waals surface area (Å²) in [4.78, 5) is 3.96. The van der Waals surface area contributed by atoms with Gasteiger partial charge in [0.15, 0.2) is 11.7 Å². The highest BCUT2D eigenvalue weighted by atomic mass is 19.1. The summed E-state index contributed by atoms with van der Waals surface area (Å²) in [6.45, 7) is 0.520. The van der Waals surface area contributed by atoms with Crippen LogP contribution in [0.4, 0.5) is 8.78 Å². The summed E-state index contributed by atoms with van der Waals surface area (Å²) < 4.78 is 32.2. The lowest BCUT2D eigenvalue weighted by Crippen LogP contribution is -2.00. The summed E-state index contributed by atoms with van der Waals surface area (Å²) in [5.74, 6) is -0.779. The summed E-state index contributed by atoms with van der Waals surface area (Å²) in [6.07, 6.45) is 2.61. The highest BCUT2D eigenvalue weighted by Gasteiger charge is 2.15. The van der Waals surface area contributed by atoms with Gasteiger partial charge in [0.05, 0.1) is 11.8 Å². The maximum Gasteiger partial charge on any atom is 0.194 e. The number of oxazole rings is 1. The lowest BCUT2D eigenvalue weighted by Gasteiger charge is -2.00. The third-order valence-corrected chi connectivity index (χ3v) is 2.36. The van der Waals surface area contributed by atoms with Gasteiger partial charge in [0, 0.05) is 6.42 Å². The Balaban J connectivity index is 2.30. The number of nitrogens with two attached hydrogens (primary N) is 1. The highest BCUT2D eigenvalue weighted by Crippen LogP contribution is 2.26. The van der Waals surface area contributed by atoms with E-state index in [0.29, 0.717) is 18.9 Å². The predicted octanol–water partition coefficient (Wildman–Crippen LogP) is 2.51. The molecule has 2 N–H and O–H groups in total. The van der Waals surface area contributed by atoms with Crippen LogP contribution in [0.3, 0.4) is 0 Å². The molecule has 3 nitrogen and oxygen atoms in total. The minimum atomic E-state index is -0.661. The van der Waals surface area contributed by atoms with Gasteiger partial charge < -0.3 is 10.2 Å². The van der Waals surface area contributed by atoms with E-state index in [4.69, 9.17) is 10.2 Å². The predicted molar refractivity (Wildman–Crippen MR) is 59.2 cm³/mol. The van der Waals surface area contributed by atoms with Gasteiger partial charge in [-0.05, 0) is 25.1 Å². The van der Waals surface area contributed by atoms with Crippen LogP contribution in [0, 0.1) is 11.6 Å². The Morgan fingerprint density at radius 3 is 2.59 bits per heavy atom. The summed E-state index contributed by atoms with van der Waals surface area (Å²) in [6, 6.07) is 3.67. The largest absolute Gasteiger partial charge is 0.441 e. The number of aromatic nitrogens is 1. The van der Waals surface area contributed by atoms with Gasteiger partial charge in [0.25, 0.3) is 0 Å². The number of hydrogen-bond donors (Lipinski definition) is 1. The Bertz CT molecular complexity index is 491. The molecular weight excluding hydrogens is 226 g/mol. The number of aryl methyl sites for hydroxylation is 1. The Morgan fingerprint density at radius 2 is 1.94 bits per heavy atom. The molecule has 0 spiro atoms. The maximum absolute atomic E-state index is 13.4. The third-order valence-electron chi connectivity index (χ3n) is 2.36. The van der Waals surface area contributed by atoms with Gasteiger partial charge in [0.2, 0.25) is 0 Å². The van der Waals surface area contributed by atoms with Crippen LogP contribution in [0.1, 0.15) is 12.3 Å². The number of benzene rings is 1. The van der Waals surface area contributed by atoms with Crippen LogP contribution < -0.4 is 5.73 Å². The van der Waals surface area contributed by atoms with Crippen LogP contribution in [-0.4, -0.2) is 11.5 Å².